The number of hydrogen-bond acceptors (Lipinski definition) is 1. The van der Waals surface area contributed by atoms with Gasteiger partial charge in [-0.1, -0.05) is 35.9 Å². The summed E-state index contributed by atoms with van der Waals surface area (Å²) in [6.45, 7) is 4.60. The minimum absolute atomic E-state index is 0.161. The zero-order valence-corrected chi connectivity index (χ0v) is 11.1. The first-order chi connectivity index (χ1) is 9.06. The zero-order valence-electron chi connectivity index (χ0n) is 11.1. The summed E-state index contributed by atoms with van der Waals surface area (Å²) in [5.41, 5.74) is 3.13. The normalized spacial score (nSPS) is 12.4. The molecule has 0 unspecified atom stereocenters. The number of rotatable bonds is 4. The largest absolute Gasteiger partial charge is 0.306 e. The third kappa shape index (κ3) is 3.61. The van der Waals surface area contributed by atoms with E-state index in [-0.39, 0.29) is 6.04 Å². The van der Waals surface area contributed by atoms with Crippen molar-refractivity contribution in [3.8, 4) is 0 Å². The molecule has 0 bridgehead atoms. The molecule has 3 heteroatoms. The van der Waals surface area contributed by atoms with Crippen molar-refractivity contribution in [3.05, 3.63) is 70.8 Å². The van der Waals surface area contributed by atoms with Gasteiger partial charge in [-0.05, 0) is 37.1 Å². The first-order valence-electron chi connectivity index (χ1n) is 6.30. The molecule has 0 saturated heterocycles. The van der Waals surface area contributed by atoms with Gasteiger partial charge in [-0.15, -0.1) is 0 Å². The summed E-state index contributed by atoms with van der Waals surface area (Å²) in [5.74, 6) is -1.61. The molecule has 0 aliphatic carbocycles. The molecule has 2 aromatic carbocycles. The molecule has 1 N–H and O–H groups in total. The van der Waals surface area contributed by atoms with Crippen molar-refractivity contribution in [3.63, 3.8) is 0 Å². The third-order valence-corrected chi connectivity index (χ3v) is 3.17. The molecule has 0 aromatic heterocycles. The van der Waals surface area contributed by atoms with Crippen molar-refractivity contribution in [2.45, 2.75) is 26.4 Å². The van der Waals surface area contributed by atoms with Crippen LogP contribution in [0.3, 0.4) is 0 Å². The van der Waals surface area contributed by atoms with Crippen LogP contribution < -0.4 is 5.32 Å². The standard InChI is InChI=1S/C16H17F2N/c1-11-3-6-14(7-4-11)12(2)19-10-13-5-8-15(17)16(18)9-13/h3-9,12,19H,10H2,1-2H3/t12-/m1/s1. The molecule has 2 aromatic rings. The van der Waals surface area contributed by atoms with Crippen LogP contribution >= 0.6 is 0 Å². The molecule has 1 atom stereocenters. The quantitative estimate of drug-likeness (QED) is 0.872. The fraction of sp³-hybridized carbons (Fsp3) is 0.250. The van der Waals surface area contributed by atoms with E-state index in [0.29, 0.717) is 6.54 Å². The van der Waals surface area contributed by atoms with E-state index in [1.54, 1.807) is 6.07 Å². The second-order valence-corrected chi connectivity index (χ2v) is 4.76. The van der Waals surface area contributed by atoms with E-state index < -0.39 is 11.6 Å². The Hall–Kier alpha value is -1.74. The Balaban J connectivity index is 1.98. The SMILES string of the molecule is Cc1ccc([C@@H](C)NCc2ccc(F)c(F)c2)cc1. The topological polar surface area (TPSA) is 12.0 Å². The first-order valence-corrected chi connectivity index (χ1v) is 6.30. The lowest BCUT2D eigenvalue weighted by atomic mass is 10.1. The molecule has 0 saturated carbocycles. The van der Waals surface area contributed by atoms with Crippen LogP contribution in [-0.4, -0.2) is 0 Å². The van der Waals surface area contributed by atoms with Crippen molar-refractivity contribution in [1.82, 2.24) is 5.32 Å². The second-order valence-electron chi connectivity index (χ2n) is 4.76. The van der Waals surface area contributed by atoms with Gasteiger partial charge in [0.25, 0.3) is 0 Å². The molecule has 1 nitrogen and oxygen atoms in total. The molecule has 0 heterocycles. The molecular weight excluding hydrogens is 244 g/mol. The van der Waals surface area contributed by atoms with E-state index in [9.17, 15) is 8.78 Å². The van der Waals surface area contributed by atoms with Crippen LogP contribution in [0.1, 0.15) is 29.7 Å². The maximum absolute atomic E-state index is 13.1. The van der Waals surface area contributed by atoms with Gasteiger partial charge in [0.1, 0.15) is 0 Å². The van der Waals surface area contributed by atoms with Gasteiger partial charge in [-0.2, -0.15) is 0 Å². The van der Waals surface area contributed by atoms with Crippen LogP contribution in [0.2, 0.25) is 0 Å². The Kier molecular flexibility index (Phi) is 4.27. The Morgan fingerprint density at radius 1 is 1.00 bits per heavy atom. The van der Waals surface area contributed by atoms with E-state index in [1.165, 1.54) is 17.2 Å². The van der Waals surface area contributed by atoms with Gasteiger partial charge in [-0.25, -0.2) is 8.78 Å². The molecule has 0 aliphatic heterocycles. The van der Waals surface area contributed by atoms with Gasteiger partial charge in [0.2, 0.25) is 0 Å². The highest BCUT2D eigenvalue weighted by Crippen LogP contribution is 2.15. The zero-order chi connectivity index (χ0) is 13.8. The fourth-order valence-corrected chi connectivity index (χ4v) is 1.89. The minimum Gasteiger partial charge on any atom is -0.306 e. The number of aryl methyl sites for hydroxylation is 1. The average Bonchev–Trinajstić information content (AvgIpc) is 2.40. The monoisotopic (exact) mass is 261 g/mol. The van der Waals surface area contributed by atoms with E-state index in [4.69, 9.17) is 0 Å². The fourth-order valence-electron chi connectivity index (χ4n) is 1.89. The molecule has 0 amide bonds. The van der Waals surface area contributed by atoms with Crippen LogP contribution in [-0.2, 0) is 6.54 Å². The molecular formula is C16H17F2N. The lowest BCUT2D eigenvalue weighted by Crippen LogP contribution is -2.18. The van der Waals surface area contributed by atoms with E-state index in [0.717, 1.165) is 11.6 Å². The van der Waals surface area contributed by atoms with Crippen LogP contribution in [0, 0.1) is 18.6 Å². The minimum atomic E-state index is -0.810. The summed E-state index contributed by atoms with van der Waals surface area (Å²) in [6, 6.07) is 12.4. The molecule has 0 aliphatic rings. The Labute approximate surface area is 112 Å². The van der Waals surface area contributed by atoms with Crippen molar-refractivity contribution in [2.75, 3.05) is 0 Å². The number of hydrogen-bond donors (Lipinski definition) is 1. The number of nitrogens with one attached hydrogen (secondary N) is 1. The highest BCUT2D eigenvalue weighted by atomic mass is 19.2. The molecule has 100 valence electrons. The summed E-state index contributed by atoms with van der Waals surface area (Å²) < 4.78 is 25.9. The lowest BCUT2D eigenvalue weighted by molar-refractivity contribution is 0.504. The first kappa shape index (κ1) is 13.7. The molecule has 0 radical (unpaired) electrons. The van der Waals surface area contributed by atoms with E-state index >= 15 is 0 Å². The summed E-state index contributed by atoms with van der Waals surface area (Å²) in [7, 11) is 0. The van der Waals surface area contributed by atoms with Gasteiger partial charge >= 0.3 is 0 Å². The van der Waals surface area contributed by atoms with Crippen LogP contribution in [0.5, 0.6) is 0 Å². The van der Waals surface area contributed by atoms with Crippen molar-refractivity contribution in [2.24, 2.45) is 0 Å². The van der Waals surface area contributed by atoms with Crippen molar-refractivity contribution >= 4 is 0 Å². The molecule has 0 fully saturated rings. The Bertz CT molecular complexity index is 549. The highest BCUT2D eigenvalue weighted by molar-refractivity contribution is 5.24. The van der Waals surface area contributed by atoms with Gasteiger partial charge in [-0.3, -0.25) is 0 Å². The van der Waals surface area contributed by atoms with Crippen molar-refractivity contribution in [1.29, 1.82) is 0 Å². The Morgan fingerprint density at radius 2 is 1.68 bits per heavy atom. The molecule has 19 heavy (non-hydrogen) atoms. The smallest absolute Gasteiger partial charge is 0.159 e. The van der Waals surface area contributed by atoms with Crippen molar-refractivity contribution < 1.29 is 8.78 Å². The summed E-state index contributed by atoms with van der Waals surface area (Å²) >= 11 is 0. The van der Waals surface area contributed by atoms with Crippen LogP contribution in [0.15, 0.2) is 42.5 Å². The average molecular weight is 261 g/mol. The maximum Gasteiger partial charge on any atom is 0.159 e. The van der Waals surface area contributed by atoms with Gasteiger partial charge in [0.15, 0.2) is 11.6 Å². The highest BCUT2D eigenvalue weighted by Gasteiger charge is 2.06. The van der Waals surface area contributed by atoms with Gasteiger partial charge < -0.3 is 5.32 Å². The molecule has 2 rings (SSSR count). The summed E-state index contributed by atoms with van der Waals surface area (Å²) in [6.07, 6.45) is 0. The lowest BCUT2D eigenvalue weighted by Gasteiger charge is -2.14. The number of benzene rings is 2. The van der Waals surface area contributed by atoms with E-state index in [2.05, 4.69) is 29.6 Å². The van der Waals surface area contributed by atoms with Gasteiger partial charge in [0.05, 0.1) is 0 Å². The predicted molar refractivity (Wildman–Crippen MR) is 72.8 cm³/mol. The second kappa shape index (κ2) is 5.93. The third-order valence-electron chi connectivity index (χ3n) is 3.17. The Morgan fingerprint density at radius 3 is 2.32 bits per heavy atom. The van der Waals surface area contributed by atoms with Crippen LogP contribution in [0.25, 0.3) is 0 Å². The maximum atomic E-state index is 13.1. The molecule has 0 spiro atoms. The predicted octanol–water partition coefficient (Wildman–Crippen LogP) is 4.12. The summed E-state index contributed by atoms with van der Waals surface area (Å²) in [5, 5.41) is 3.29. The summed E-state index contributed by atoms with van der Waals surface area (Å²) in [4.78, 5) is 0. The van der Waals surface area contributed by atoms with E-state index in [1.807, 2.05) is 13.8 Å². The van der Waals surface area contributed by atoms with Gasteiger partial charge in [0, 0.05) is 12.6 Å². The van der Waals surface area contributed by atoms with Crippen LogP contribution in [0.4, 0.5) is 8.78 Å². The number of halogens is 2.